The fraction of sp³-hybridized carbons (Fsp3) is 0.267. The summed E-state index contributed by atoms with van der Waals surface area (Å²) in [6, 6.07) is 4.86. The summed E-state index contributed by atoms with van der Waals surface area (Å²) in [6.45, 7) is 4.53. The van der Waals surface area contributed by atoms with Crippen LogP contribution in [-0.4, -0.2) is 21.8 Å². The number of rotatable bonds is 5. The smallest absolute Gasteiger partial charge is 0.336 e. The molecule has 0 saturated carbocycles. The van der Waals surface area contributed by atoms with Crippen LogP contribution in [0.2, 0.25) is 0 Å². The molecule has 0 amide bonds. The van der Waals surface area contributed by atoms with Gasteiger partial charge in [0.15, 0.2) is 4.34 Å². The van der Waals surface area contributed by atoms with Crippen molar-refractivity contribution in [3.05, 3.63) is 39.7 Å². The van der Waals surface area contributed by atoms with Crippen molar-refractivity contribution in [2.45, 2.75) is 23.9 Å². The number of thioether (sulfide) groups is 1. The third-order valence-electron chi connectivity index (χ3n) is 3.30. The van der Waals surface area contributed by atoms with E-state index in [-0.39, 0.29) is 5.75 Å². The third-order valence-corrected chi connectivity index (χ3v) is 5.37. The van der Waals surface area contributed by atoms with E-state index in [0.717, 1.165) is 27.0 Å². The van der Waals surface area contributed by atoms with E-state index in [4.69, 9.17) is 4.42 Å². The van der Waals surface area contributed by atoms with Crippen LogP contribution in [0.3, 0.4) is 0 Å². The van der Waals surface area contributed by atoms with E-state index in [2.05, 4.69) is 15.5 Å². The maximum absolute atomic E-state index is 11.8. The summed E-state index contributed by atoms with van der Waals surface area (Å²) in [4.78, 5) is 11.8. The molecule has 0 unspecified atom stereocenters. The normalized spacial score (nSPS) is 11.0. The number of nitrogens with zero attached hydrogens (tertiary/aromatic N) is 2. The van der Waals surface area contributed by atoms with Crippen LogP contribution in [0.15, 0.2) is 31.8 Å². The second-order valence-corrected chi connectivity index (χ2v) is 7.07. The first-order valence-electron chi connectivity index (χ1n) is 7.04. The fourth-order valence-electron chi connectivity index (χ4n) is 2.17. The van der Waals surface area contributed by atoms with E-state index in [1.807, 2.05) is 6.92 Å². The van der Waals surface area contributed by atoms with Gasteiger partial charge in [0.25, 0.3) is 0 Å². The van der Waals surface area contributed by atoms with Gasteiger partial charge in [-0.1, -0.05) is 23.1 Å². The molecule has 0 radical (unpaired) electrons. The van der Waals surface area contributed by atoms with Gasteiger partial charge in [-0.3, -0.25) is 0 Å². The van der Waals surface area contributed by atoms with Crippen LogP contribution in [0.4, 0.5) is 5.13 Å². The lowest BCUT2D eigenvalue weighted by Gasteiger charge is -2.07. The lowest BCUT2D eigenvalue weighted by atomic mass is 10.1. The molecule has 3 aromatic rings. The van der Waals surface area contributed by atoms with E-state index < -0.39 is 5.63 Å². The molecule has 3 rings (SSSR count). The molecular formula is C15H15N3O3S2. The summed E-state index contributed by atoms with van der Waals surface area (Å²) in [6.07, 6.45) is 0. The van der Waals surface area contributed by atoms with E-state index in [0.29, 0.717) is 16.9 Å². The van der Waals surface area contributed by atoms with Gasteiger partial charge >= 0.3 is 5.63 Å². The predicted octanol–water partition coefficient (Wildman–Crippen LogP) is 3.38. The summed E-state index contributed by atoms with van der Waals surface area (Å²) in [5.74, 6) is 0.692. The molecule has 120 valence electrons. The number of aryl methyl sites for hydroxylation is 1. The van der Waals surface area contributed by atoms with Crippen molar-refractivity contribution in [1.29, 1.82) is 0 Å². The highest BCUT2D eigenvalue weighted by Gasteiger charge is 2.12. The van der Waals surface area contributed by atoms with Crippen LogP contribution in [0.25, 0.3) is 11.0 Å². The lowest BCUT2D eigenvalue weighted by Crippen LogP contribution is -2.00. The lowest BCUT2D eigenvalue weighted by molar-refractivity contribution is 0.468. The van der Waals surface area contributed by atoms with Crippen molar-refractivity contribution in [3.63, 3.8) is 0 Å². The van der Waals surface area contributed by atoms with Crippen molar-refractivity contribution in [1.82, 2.24) is 10.2 Å². The highest BCUT2D eigenvalue weighted by Crippen LogP contribution is 2.32. The van der Waals surface area contributed by atoms with Crippen LogP contribution in [0, 0.1) is 6.92 Å². The average molecular weight is 349 g/mol. The molecule has 0 aliphatic carbocycles. The van der Waals surface area contributed by atoms with Gasteiger partial charge in [0.05, 0.1) is 0 Å². The zero-order valence-corrected chi connectivity index (χ0v) is 14.3. The molecule has 6 nitrogen and oxygen atoms in total. The highest BCUT2D eigenvalue weighted by molar-refractivity contribution is 8.00. The molecule has 1 aromatic carbocycles. The van der Waals surface area contributed by atoms with Crippen molar-refractivity contribution in [2.75, 3.05) is 11.9 Å². The second kappa shape index (κ2) is 6.59. The molecule has 2 N–H and O–H groups in total. The van der Waals surface area contributed by atoms with Crippen LogP contribution in [0.5, 0.6) is 5.75 Å². The fourth-order valence-corrected chi connectivity index (χ4v) is 3.98. The molecule has 2 aromatic heterocycles. The molecular weight excluding hydrogens is 334 g/mol. The molecule has 0 saturated heterocycles. The van der Waals surface area contributed by atoms with Gasteiger partial charge in [-0.25, -0.2) is 4.79 Å². The topological polar surface area (TPSA) is 88.3 Å². The van der Waals surface area contributed by atoms with Gasteiger partial charge in [0.2, 0.25) is 5.13 Å². The monoisotopic (exact) mass is 349 g/mol. The number of aromatic nitrogens is 2. The number of benzene rings is 1. The first-order chi connectivity index (χ1) is 11.1. The number of phenolic OH excluding ortho intramolecular Hbond substituents is 1. The van der Waals surface area contributed by atoms with Crippen LogP contribution < -0.4 is 10.9 Å². The maximum Gasteiger partial charge on any atom is 0.336 e. The number of aromatic hydroxyl groups is 1. The molecule has 0 aliphatic rings. The van der Waals surface area contributed by atoms with Crippen molar-refractivity contribution >= 4 is 39.2 Å². The Kier molecular flexibility index (Phi) is 4.53. The summed E-state index contributed by atoms with van der Waals surface area (Å²) < 4.78 is 6.07. The van der Waals surface area contributed by atoms with Crippen molar-refractivity contribution in [3.8, 4) is 5.75 Å². The van der Waals surface area contributed by atoms with Gasteiger partial charge in [-0.05, 0) is 31.5 Å². The molecule has 0 bridgehead atoms. The Hall–Kier alpha value is -2.06. The predicted molar refractivity (Wildman–Crippen MR) is 92.5 cm³/mol. The molecule has 2 heterocycles. The number of nitrogens with one attached hydrogen (secondary N) is 1. The van der Waals surface area contributed by atoms with E-state index in [9.17, 15) is 9.90 Å². The Morgan fingerprint density at radius 1 is 1.39 bits per heavy atom. The zero-order chi connectivity index (χ0) is 16.4. The molecule has 0 spiro atoms. The average Bonchev–Trinajstić information content (AvgIpc) is 2.97. The largest absolute Gasteiger partial charge is 0.508 e. The Morgan fingerprint density at radius 3 is 3.00 bits per heavy atom. The Balaban J connectivity index is 1.90. The SMILES string of the molecule is CCNc1nnc(SCc2cc(=O)oc3c(C)c(O)ccc23)s1. The highest BCUT2D eigenvalue weighted by atomic mass is 32.2. The standard InChI is InChI=1S/C15H15N3O3S2/c1-3-16-14-17-18-15(23-14)22-7-9-6-12(20)21-13-8(2)11(19)5-4-10(9)13/h4-6,19H,3,7H2,1-2H3,(H,16,17). The van der Waals surface area contributed by atoms with Crippen LogP contribution in [0.1, 0.15) is 18.1 Å². The minimum absolute atomic E-state index is 0.116. The Morgan fingerprint density at radius 2 is 2.22 bits per heavy atom. The summed E-state index contributed by atoms with van der Waals surface area (Å²) in [5, 5.41) is 22.7. The third kappa shape index (κ3) is 3.32. The zero-order valence-electron chi connectivity index (χ0n) is 12.6. The summed E-state index contributed by atoms with van der Waals surface area (Å²) in [5.41, 5.74) is 1.42. The Labute approximate surface area is 140 Å². The molecule has 0 atom stereocenters. The molecule has 8 heteroatoms. The van der Waals surface area contributed by atoms with E-state index in [1.165, 1.54) is 29.2 Å². The van der Waals surface area contributed by atoms with Crippen molar-refractivity contribution in [2.24, 2.45) is 0 Å². The molecule has 0 fully saturated rings. The van der Waals surface area contributed by atoms with Gasteiger partial charge < -0.3 is 14.8 Å². The van der Waals surface area contributed by atoms with Gasteiger partial charge in [0.1, 0.15) is 11.3 Å². The number of fused-ring (bicyclic) bond motifs is 1. The summed E-state index contributed by atoms with van der Waals surface area (Å²) >= 11 is 3.00. The van der Waals surface area contributed by atoms with Gasteiger partial charge in [-0.2, -0.15) is 0 Å². The number of phenols is 1. The first kappa shape index (κ1) is 15.8. The summed E-state index contributed by atoms with van der Waals surface area (Å²) in [7, 11) is 0. The van der Waals surface area contributed by atoms with Crippen molar-refractivity contribution < 1.29 is 9.52 Å². The van der Waals surface area contributed by atoms with Gasteiger partial charge in [0, 0.05) is 29.3 Å². The maximum atomic E-state index is 11.8. The number of hydrogen-bond donors (Lipinski definition) is 2. The minimum atomic E-state index is -0.424. The van der Waals surface area contributed by atoms with Crippen LogP contribution in [-0.2, 0) is 5.75 Å². The number of anilines is 1. The number of hydrogen-bond acceptors (Lipinski definition) is 8. The minimum Gasteiger partial charge on any atom is -0.508 e. The molecule has 0 aliphatic heterocycles. The molecule has 23 heavy (non-hydrogen) atoms. The van der Waals surface area contributed by atoms with E-state index in [1.54, 1.807) is 19.1 Å². The second-order valence-electron chi connectivity index (χ2n) is 4.87. The quantitative estimate of drug-likeness (QED) is 0.539. The first-order valence-corrected chi connectivity index (χ1v) is 8.84. The van der Waals surface area contributed by atoms with Gasteiger partial charge in [-0.15, -0.1) is 10.2 Å². The Bertz CT molecular complexity index is 905. The van der Waals surface area contributed by atoms with Crippen LogP contribution >= 0.6 is 23.1 Å². The van der Waals surface area contributed by atoms with E-state index >= 15 is 0 Å².